The van der Waals surface area contributed by atoms with Crippen LogP contribution in [0.1, 0.15) is 122 Å². The van der Waals surface area contributed by atoms with Crippen molar-refractivity contribution >= 4 is 0 Å². The van der Waals surface area contributed by atoms with Crippen molar-refractivity contribution in [2.24, 2.45) is 0 Å². The van der Waals surface area contributed by atoms with Crippen LogP contribution in [0.2, 0.25) is 0 Å². The Bertz CT molecular complexity index is 1350. The molecular weight excluding hydrogens is 705 g/mol. The van der Waals surface area contributed by atoms with Crippen molar-refractivity contribution in [2.75, 3.05) is 66.1 Å². The summed E-state index contributed by atoms with van der Waals surface area (Å²) in [6, 6.07) is 23.6. The molecule has 3 aromatic carbocycles. The Morgan fingerprint density at radius 1 is 0.446 bits per heavy atom. The molecule has 0 aliphatic heterocycles. The maximum atomic E-state index is 9.29. The Morgan fingerprint density at radius 2 is 0.875 bits per heavy atom. The largest absolute Gasteiger partial charge is 0.494 e. The third-order valence-electron chi connectivity index (χ3n) is 9.88. The maximum absolute atomic E-state index is 9.29. The lowest BCUT2D eigenvalue weighted by Gasteiger charge is -2.15. The van der Waals surface area contributed by atoms with Crippen LogP contribution < -0.4 is 9.47 Å². The molecule has 0 aliphatic carbocycles. The van der Waals surface area contributed by atoms with Crippen molar-refractivity contribution in [1.82, 2.24) is 0 Å². The van der Waals surface area contributed by atoms with Crippen molar-refractivity contribution in [1.29, 1.82) is 0 Å². The van der Waals surface area contributed by atoms with Gasteiger partial charge in [-0.15, -0.1) is 0 Å². The van der Waals surface area contributed by atoms with Gasteiger partial charge in [-0.25, -0.2) is 0 Å². The highest BCUT2D eigenvalue weighted by Crippen LogP contribution is 2.30. The summed E-state index contributed by atoms with van der Waals surface area (Å²) in [6.45, 7) is 8.82. The van der Waals surface area contributed by atoms with Crippen LogP contribution in [0.25, 0.3) is 22.3 Å². The van der Waals surface area contributed by atoms with E-state index in [9.17, 15) is 5.11 Å². The first-order valence-electron chi connectivity index (χ1n) is 21.8. The van der Waals surface area contributed by atoms with Gasteiger partial charge in [0.1, 0.15) is 17.6 Å². The van der Waals surface area contributed by atoms with Crippen LogP contribution in [0, 0.1) is 0 Å². The van der Waals surface area contributed by atoms with E-state index in [1.54, 1.807) is 0 Å². The minimum atomic E-state index is -0.853. The average molecular weight is 779 g/mol. The Balaban J connectivity index is 1.46. The van der Waals surface area contributed by atoms with Gasteiger partial charge in [-0.1, -0.05) is 146 Å². The highest BCUT2D eigenvalue weighted by molar-refractivity contribution is 5.71. The Labute approximate surface area is 339 Å². The Hall–Kier alpha value is -2.98. The minimum absolute atomic E-state index is 0.0970. The van der Waals surface area contributed by atoms with Gasteiger partial charge in [0, 0.05) is 5.56 Å². The minimum Gasteiger partial charge on any atom is -0.494 e. The Kier molecular flexibility index (Phi) is 27.1. The molecular formula is C48H74O8. The summed E-state index contributed by atoms with van der Waals surface area (Å²) in [4.78, 5) is 0. The zero-order chi connectivity index (χ0) is 39.7. The first kappa shape index (κ1) is 47.4. The number of aliphatic hydroxyl groups is 2. The first-order chi connectivity index (χ1) is 27.6. The Morgan fingerprint density at radius 3 is 1.41 bits per heavy atom. The summed E-state index contributed by atoms with van der Waals surface area (Å²) in [5.74, 6) is 1.81. The zero-order valence-corrected chi connectivity index (χ0v) is 34.9. The summed E-state index contributed by atoms with van der Waals surface area (Å²) in [5.41, 5.74) is 5.65. The molecule has 0 saturated heterocycles. The lowest BCUT2D eigenvalue weighted by molar-refractivity contribution is -0.0273. The van der Waals surface area contributed by atoms with Gasteiger partial charge in [0.05, 0.1) is 72.7 Å². The second kappa shape index (κ2) is 32.0. The van der Waals surface area contributed by atoms with Gasteiger partial charge in [0.15, 0.2) is 0 Å². The molecule has 0 saturated carbocycles. The average Bonchev–Trinajstić information content (AvgIpc) is 3.23. The lowest BCUT2D eigenvalue weighted by atomic mass is 9.99. The van der Waals surface area contributed by atoms with Crippen molar-refractivity contribution in [3.8, 4) is 33.8 Å². The number of unbranched alkanes of at least 4 members (excludes halogenated alkanes) is 14. The molecule has 0 spiro atoms. The molecule has 2 N–H and O–H groups in total. The molecule has 0 heterocycles. The number of benzene rings is 3. The third-order valence-corrected chi connectivity index (χ3v) is 9.88. The summed E-state index contributed by atoms with van der Waals surface area (Å²) >= 11 is 0. The zero-order valence-electron chi connectivity index (χ0n) is 34.9. The van der Waals surface area contributed by atoms with Crippen molar-refractivity contribution in [2.45, 2.75) is 129 Å². The fourth-order valence-corrected chi connectivity index (χ4v) is 6.47. The first-order valence-corrected chi connectivity index (χ1v) is 21.8. The molecule has 56 heavy (non-hydrogen) atoms. The van der Waals surface area contributed by atoms with E-state index in [0.717, 1.165) is 47.6 Å². The smallest absolute Gasteiger partial charge is 0.124 e. The maximum Gasteiger partial charge on any atom is 0.124 e. The van der Waals surface area contributed by atoms with Crippen LogP contribution in [0.5, 0.6) is 11.5 Å². The van der Waals surface area contributed by atoms with Gasteiger partial charge < -0.3 is 38.6 Å². The van der Waals surface area contributed by atoms with Crippen LogP contribution in [-0.4, -0.2) is 82.4 Å². The van der Waals surface area contributed by atoms with E-state index < -0.39 is 6.10 Å². The number of hydrogen-bond acceptors (Lipinski definition) is 8. The molecule has 0 aromatic heterocycles. The summed E-state index contributed by atoms with van der Waals surface area (Å²) in [5, 5.41) is 18.1. The second-order valence-corrected chi connectivity index (χ2v) is 14.8. The summed E-state index contributed by atoms with van der Waals surface area (Å²) in [7, 11) is 0. The van der Waals surface area contributed by atoms with Gasteiger partial charge in [0.25, 0.3) is 0 Å². The van der Waals surface area contributed by atoms with Gasteiger partial charge >= 0.3 is 0 Å². The normalized spacial score (nSPS) is 11.9. The van der Waals surface area contributed by atoms with E-state index in [-0.39, 0.29) is 13.2 Å². The van der Waals surface area contributed by atoms with Crippen LogP contribution >= 0.6 is 0 Å². The molecule has 8 heteroatoms. The lowest BCUT2D eigenvalue weighted by Crippen LogP contribution is -2.21. The predicted molar refractivity (Wildman–Crippen MR) is 229 cm³/mol. The number of hydrogen-bond donors (Lipinski definition) is 2. The van der Waals surface area contributed by atoms with Gasteiger partial charge in [-0.2, -0.15) is 0 Å². The SMILES string of the molecule is CCCCCCCCCCOc1ccc(-c2ccc(-c3ccc(OCCCCCCCCCC)c(COCCOCCOCCOCC(O)CO)c3)cc2)cc1. The fraction of sp³-hybridized carbons (Fsp3) is 0.625. The monoisotopic (exact) mass is 779 g/mol. The quantitative estimate of drug-likeness (QED) is 0.0564. The van der Waals surface area contributed by atoms with E-state index in [1.165, 1.54) is 101 Å². The predicted octanol–water partition coefficient (Wildman–Crippen LogP) is 11.0. The van der Waals surface area contributed by atoms with Crippen LogP contribution in [0.3, 0.4) is 0 Å². The summed E-state index contributed by atoms with van der Waals surface area (Å²) < 4.78 is 34.8. The van der Waals surface area contributed by atoms with Crippen molar-refractivity contribution < 1.29 is 38.6 Å². The molecule has 0 aliphatic rings. The van der Waals surface area contributed by atoms with Crippen LogP contribution in [-0.2, 0) is 25.6 Å². The third kappa shape index (κ3) is 21.5. The van der Waals surface area contributed by atoms with Gasteiger partial charge in [-0.05, 0) is 59.4 Å². The molecule has 0 amide bonds. The number of aliphatic hydroxyl groups excluding tert-OH is 2. The van der Waals surface area contributed by atoms with Gasteiger partial charge in [0.2, 0.25) is 0 Å². The molecule has 0 bridgehead atoms. The van der Waals surface area contributed by atoms with Crippen molar-refractivity contribution in [3.63, 3.8) is 0 Å². The molecule has 0 radical (unpaired) electrons. The van der Waals surface area contributed by atoms with E-state index in [0.29, 0.717) is 52.9 Å². The molecule has 314 valence electrons. The van der Waals surface area contributed by atoms with E-state index in [2.05, 4.69) is 80.6 Å². The van der Waals surface area contributed by atoms with E-state index >= 15 is 0 Å². The molecule has 1 unspecified atom stereocenters. The number of ether oxygens (including phenoxy) is 6. The fourth-order valence-electron chi connectivity index (χ4n) is 6.47. The highest BCUT2D eigenvalue weighted by atomic mass is 16.6. The van der Waals surface area contributed by atoms with Crippen LogP contribution in [0.4, 0.5) is 0 Å². The molecule has 0 fully saturated rings. The van der Waals surface area contributed by atoms with E-state index in [1.807, 2.05) is 0 Å². The topological polar surface area (TPSA) is 95.8 Å². The van der Waals surface area contributed by atoms with Crippen molar-refractivity contribution in [3.05, 3.63) is 72.3 Å². The molecule has 3 aromatic rings. The number of rotatable bonds is 36. The second-order valence-electron chi connectivity index (χ2n) is 14.8. The van der Waals surface area contributed by atoms with Crippen LogP contribution in [0.15, 0.2) is 66.7 Å². The molecule has 1 atom stereocenters. The highest BCUT2D eigenvalue weighted by Gasteiger charge is 2.09. The summed E-state index contributed by atoms with van der Waals surface area (Å²) in [6.07, 6.45) is 19.7. The molecule has 8 nitrogen and oxygen atoms in total. The standard InChI is InChI=1S/C48H74O8/c1-3-5-7-9-11-13-15-17-29-55-47-26-23-42(24-27-47)41-19-21-43(22-20-41)44-25-28-48(56-30-18-16-14-12-10-8-6-4-2)45(37-44)39-53-35-33-51-31-32-52-34-36-54-40-46(50)38-49/h19-28,37,46,49-50H,3-18,29-36,38-40H2,1-2H3. The molecule has 3 rings (SSSR count). The van der Waals surface area contributed by atoms with E-state index in [4.69, 9.17) is 33.5 Å². The van der Waals surface area contributed by atoms with Gasteiger partial charge in [-0.3, -0.25) is 0 Å².